The Kier molecular flexibility index (Phi) is 2.52. The van der Waals surface area contributed by atoms with Crippen LogP contribution in [0, 0.1) is 5.82 Å². The van der Waals surface area contributed by atoms with Crippen LogP contribution in [0.3, 0.4) is 0 Å². The summed E-state index contributed by atoms with van der Waals surface area (Å²) in [5.41, 5.74) is 1.16. The number of hydrogen-bond donors (Lipinski definition) is 1. The van der Waals surface area contributed by atoms with Crippen molar-refractivity contribution in [1.82, 2.24) is 4.98 Å². The van der Waals surface area contributed by atoms with Gasteiger partial charge in [-0.3, -0.25) is 0 Å². The van der Waals surface area contributed by atoms with Crippen molar-refractivity contribution < 1.29 is 18.7 Å². The van der Waals surface area contributed by atoms with Gasteiger partial charge in [-0.05, 0) is 30.3 Å². The lowest BCUT2D eigenvalue weighted by molar-refractivity contribution is 0.0697. The van der Waals surface area contributed by atoms with Gasteiger partial charge < -0.3 is 9.52 Å². The highest BCUT2D eigenvalue weighted by Crippen LogP contribution is 2.26. The Labute approximate surface area is 107 Å². The third-order valence-corrected chi connectivity index (χ3v) is 2.74. The molecule has 0 aliphatic carbocycles. The van der Waals surface area contributed by atoms with Crippen molar-refractivity contribution in [1.29, 1.82) is 0 Å². The van der Waals surface area contributed by atoms with E-state index < -0.39 is 11.8 Å². The second-order valence-electron chi connectivity index (χ2n) is 3.99. The second kappa shape index (κ2) is 4.20. The summed E-state index contributed by atoms with van der Waals surface area (Å²) in [5.74, 6) is -1.35. The second-order valence-corrected chi connectivity index (χ2v) is 3.99. The Bertz CT molecular complexity index is 779. The molecule has 0 unspecified atom stereocenters. The molecule has 5 heteroatoms. The zero-order valence-corrected chi connectivity index (χ0v) is 9.63. The van der Waals surface area contributed by atoms with Crippen molar-refractivity contribution >= 4 is 17.1 Å². The monoisotopic (exact) mass is 257 g/mol. The summed E-state index contributed by atoms with van der Waals surface area (Å²) >= 11 is 0. The minimum atomic E-state index is -1.04. The first-order valence-corrected chi connectivity index (χ1v) is 5.54. The molecule has 0 aliphatic heterocycles. The van der Waals surface area contributed by atoms with Gasteiger partial charge in [0.2, 0.25) is 5.89 Å². The van der Waals surface area contributed by atoms with Crippen LogP contribution in [-0.2, 0) is 0 Å². The third-order valence-electron chi connectivity index (χ3n) is 2.74. The highest BCUT2D eigenvalue weighted by molar-refractivity contribution is 5.92. The molecule has 3 rings (SSSR count). The van der Waals surface area contributed by atoms with Gasteiger partial charge in [0, 0.05) is 0 Å². The molecule has 1 aromatic heterocycles. The smallest absolute Gasteiger partial charge is 0.335 e. The average Bonchev–Trinajstić information content (AvgIpc) is 2.81. The number of carboxylic acids is 1. The zero-order valence-electron chi connectivity index (χ0n) is 9.63. The summed E-state index contributed by atoms with van der Waals surface area (Å²) in [6.45, 7) is 0. The van der Waals surface area contributed by atoms with Gasteiger partial charge in [0.25, 0.3) is 0 Å². The third kappa shape index (κ3) is 1.95. The van der Waals surface area contributed by atoms with Crippen LogP contribution in [0.15, 0.2) is 46.9 Å². The van der Waals surface area contributed by atoms with Crippen LogP contribution < -0.4 is 0 Å². The van der Waals surface area contributed by atoms with Crippen LogP contribution in [-0.4, -0.2) is 16.1 Å². The van der Waals surface area contributed by atoms with Crippen LogP contribution in [0.4, 0.5) is 4.39 Å². The molecule has 3 aromatic rings. The normalized spacial score (nSPS) is 10.8. The number of aromatic nitrogens is 1. The molecule has 0 aliphatic rings. The van der Waals surface area contributed by atoms with E-state index in [1.54, 1.807) is 18.2 Å². The molecule has 0 bridgehead atoms. The van der Waals surface area contributed by atoms with Gasteiger partial charge in [0.15, 0.2) is 5.58 Å². The van der Waals surface area contributed by atoms with E-state index in [4.69, 9.17) is 9.52 Å². The molecule has 94 valence electrons. The van der Waals surface area contributed by atoms with Gasteiger partial charge in [-0.15, -0.1) is 0 Å². The molecule has 0 atom stereocenters. The molecule has 2 aromatic carbocycles. The molecule has 0 spiro atoms. The first-order valence-electron chi connectivity index (χ1n) is 5.54. The highest BCUT2D eigenvalue weighted by atomic mass is 19.1. The van der Waals surface area contributed by atoms with Gasteiger partial charge >= 0.3 is 5.97 Å². The molecule has 1 heterocycles. The molecular weight excluding hydrogens is 249 g/mol. The predicted octanol–water partition coefficient (Wildman–Crippen LogP) is 3.33. The molecule has 0 saturated heterocycles. The van der Waals surface area contributed by atoms with Crippen LogP contribution in [0.1, 0.15) is 10.4 Å². The number of aromatic carboxylic acids is 1. The molecular formula is C14H8FNO3. The summed E-state index contributed by atoms with van der Waals surface area (Å²) in [6.07, 6.45) is 0. The van der Waals surface area contributed by atoms with Crippen molar-refractivity contribution in [2.24, 2.45) is 0 Å². The zero-order chi connectivity index (χ0) is 13.4. The van der Waals surface area contributed by atoms with Crippen molar-refractivity contribution in [2.75, 3.05) is 0 Å². The topological polar surface area (TPSA) is 63.3 Å². The quantitative estimate of drug-likeness (QED) is 0.764. The van der Waals surface area contributed by atoms with Crippen LogP contribution in [0.25, 0.3) is 22.6 Å². The van der Waals surface area contributed by atoms with E-state index in [0.29, 0.717) is 11.1 Å². The summed E-state index contributed by atoms with van der Waals surface area (Å²) in [6, 6.07) is 10.4. The lowest BCUT2D eigenvalue weighted by Crippen LogP contribution is -1.94. The van der Waals surface area contributed by atoms with Gasteiger partial charge in [-0.2, -0.15) is 0 Å². The first kappa shape index (κ1) is 11.4. The number of benzene rings is 2. The number of fused-ring (bicyclic) bond motifs is 1. The maximum absolute atomic E-state index is 13.6. The number of halogens is 1. The summed E-state index contributed by atoms with van der Waals surface area (Å²) in [7, 11) is 0. The molecule has 1 N–H and O–H groups in total. The SMILES string of the molecule is O=C(O)c1ccc2oc(-c3ccccc3F)nc2c1. The molecule has 0 saturated carbocycles. The summed E-state index contributed by atoms with van der Waals surface area (Å²) in [4.78, 5) is 15.0. The van der Waals surface area contributed by atoms with E-state index in [2.05, 4.69) is 4.98 Å². The number of nitrogens with zero attached hydrogens (tertiary/aromatic N) is 1. The van der Waals surface area contributed by atoms with Gasteiger partial charge in [0.05, 0.1) is 11.1 Å². The lowest BCUT2D eigenvalue weighted by atomic mass is 10.2. The molecule has 4 nitrogen and oxygen atoms in total. The Morgan fingerprint density at radius 2 is 2.00 bits per heavy atom. The minimum absolute atomic E-state index is 0.112. The molecule has 0 radical (unpaired) electrons. The first-order chi connectivity index (χ1) is 9.15. The highest BCUT2D eigenvalue weighted by Gasteiger charge is 2.13. The van der Waals surface area contributed by atoms with E-state index >= 15 is 0 Å². The van der Waals surface area contributed by atoms with Crippen LogP contribution in [0.2, 0.25) is 0 Å². The average molecular weight is 257 g/mol. The molecule has 19 heavy (non-hydrogen) atoms. The minimum Gasteiger partial charge on any atom is -0.478 e. The maximum atomic E-state index is 13.6. The fraction of sp³-hybridized carbons (Fsp3) is 0. The van der Waals surface area contributed by atoms with Crippen molar-refractivity contribution in [3.63, 3.8) is 0 Å². The van der Waals surface area contributed by atoms with Gasteiger partial charge in [0.1, 0.15) is 11.3 Å². The molecule has 0 amide bonds. The Balaban J connectivity index is 2.17. The van der Waals surface area contributed by atoms with Crippen molar-refractivity contribution in [2.45, 2.75) is 0 Å². The fourth-order valence-corrected chi connectivity index (χ4v) is 1.81. The fourth-order valence-electron chi connectivity index (χ4n) is 1.81. The molecule has 0 fully saturated rings. The van der Waals surface area contributed by atoms with Crippen LogP contribution in [0.5, 0.6) is 0 Å². The standard InChI is InChI=1S/C14H8FNO3/c15-10-4-2-1-3-9(10)13-16-11-7-8(14(17)18)5-6-12(11)19-13/h1-7H,(H,17,18). The van der Waals surface area contributed by atoms with E-state index in [1.165, 1.54) is 24.3 Å². The van der Waals surface area contributed by atoms with Crippen LogP contribution >= 0.6 is 0 Å². The Morgan fingerprint density at radius 1 is 1.21 bits per heavy atom. The van der Waals surface area contributed by atoms with E-state index in [-0.39, 0.29) is 17.0 Å². The predicted molar refractivity (Wildman–Crippen MR) is 66.4 cm³/mol. The summed E-state index contributed by atoms with van der Waals surface area (Å²) < 4.78 is 19.0. The Morgan fingerprint density at radius 3 is 2.74 bits per heavy atom. The summed E-state index contributed by atoms with van der Waals surface area (Å²) in [5, 5.41) is 8.89. The van der Waals surface area contributed by atoms with E-state index in [0.717, 1.165) is 0 Å². The number of carbonyl (C=O) groups is 1. The maximum Gasteiger partial charge on any atom is 0.335 e. The van der Waals surface area contributed by atoms with Gasteiger partial charge in [-0.25, -0.2) is 14.2 Å². The Hall–Kier alpha value is -2.69. The van der Waals surface area contributed by atoms with E-state index in [9.17, 15) is 9.18 Å². The van der Waals surface area contributed by atoms with Crippen molar-refractivity contribution in [3.8, 4) is 11.5 Å². The number of carboxylic acid groups (broad SMARTS) is 1. The lowest BCUT2D eigenvalue weighted by Gasteiger charge is -1.95. The number of oxazole rings is 1. The van der Waals surface area contributed by atoms with E-state index in [1.807, 2.05) is 0 Å². The largest absolute Gasteiger partial charge is 0.478 e. The number of hydrogen-bond acceptors (Lipinski definition) is 3. The number of rotatable bonds is 2. The van der Waals surface area contributed by atoms with Gasteiger partial charge in [-0.1, -0.05) is 12.1 Å². The van der Waals surface area contributed by atoms with Crippen molar-refractivity contribution in [3.05, 3.63) is 53.8 Å².